The molecule has 0 unspecified atom stereocenters. The summed E-state index contributed by atoms with van der Waals surface area (Å²) in [7, 11) is 0. The van der Waals surface area contributed by atoms with Gasteiger partial charge in [0.15, 0.2) is 0 Å². The van der Waals surface area contributed by atoms with Crippen LogP contribution >= 0.6 is 0 Å². The molecule has 0 bridgehead atoms. The Bertz CT molecular complexity index is 473. The molecule has 0 spiro atoms. The number of aliphatic hydroxyl groups is 1. The van der Waals surface area contributed by atoms with Crippen LogP contribution in [0.2, 0.25) is 0 Å². The van der Waals surface area contributed by atoms with Gasteiger partial charge in [0, 0.05) is 26.1 Å². The van der Waals surface area contributed by atoms with E-state index in [9.17, 15) is 18.0 Å². The van der Waals surface area contributed by atoms with Gasteiger partial charge in [-0.1, -0.05) is 0 Å². The van der Waals surface area contributed by atoms with Crippen molar-refractivity contribution in [1.29, 1.82) is 0 Å². The molecule has 1 amide bonds. The Labute approximate surface area is 114 Å². The van der Waals surface area contributed by atoms with Gasteiger partial charge in [-0.3, -0.25) is 14.8 Å². The molecule has 2 rings (SSSR count). The van der Waals surface area contributed by atoms with Crippen LogP contribution in [0.5, 0.6) is 0 Å². The van der Waals surface area contributed by atoms with E-state index in [-0.39, 0.29) is 12.5 Å². The van der Waals surface area contributed by atoms with Crippen LogP contribution in [-0.4, -0.2) is 35.7 Å². The molecule has 7 heteroatoms. The largest absolute Gasteiger partial charge is 0.416 e. The molecule has 1 aliphatic rings. The van der Waals surface area contributed by atoms with Gasteiger partial charge in [-0.25, -0.2) is 0 Å². The number of amides is 1. The topological polar surface area (TPSA) is 43.8 Å². The van der Waals surface area contributed by atoms with Crippen molar-refractivity contribution >= 4 is 11.6 Å². The predicted octanol–water partition coefficient (Wildman–Crippen LogP) is 2.04. The number of benzene rings is 1. The zero-order chi connectivity index (χ0) is 14.8. The Hall–Kier alpha value is -1.76. The van der Waals surface area contributed by atoms with E-state index < -0.39 is 11.7 Å². The Kier molecular flexibility index (Phi) is 4.17. The van der Waals surface area contributed by atoms with Gasteiger partial charge in [-0.05, 0) is 30.7 Å². The third-order valence-corrected chi connectivity index (χ3v) is 3.14. The van der Waals surface area contributed by atoms with Crippen LogP contribution in [0.4, 0.5) is 18.9 Å². The van der Waals surface area contributed by atoms with E-state index in [2.05, 4.69) is 0 Å². The first-order valence-corrected chi connectivity index (χ1v) is 6.29. The molecule has 1 aromatic carbocycles. The quantitative estimate of drug-likeness (QED) is 0.922. The molecule has 4 nitrogen and oxygen atoms in total. The normalized spacial score (nSPS) is 16.1. The summed E-state index contributed by atoms with van der Waals surface area (Å²) in [4.78, 5) is 11.7. The average Bonchev–Trinajstić information content (AvgIpc) is 2.77. The van der Waals surface area contributed by atoms with Crippen LogP contribution in [0, 0.1) is 0 Å². The minimum Gasteiger partial charge on any atom is -0.396 e. The van der Waals surface area contributed by atoms with E-state index in [0.717, 1.165) is 12.1 Å². The molecule has 1 aliphatic heterocycles. The average molecular weight is 288 g/mol. The van der Waals surface area contributed by atoms with Gasteiger partial charge >= 0.3 is 6.18 Å². The van der Waals surface area contributed by atoms with Gasteiger partial charge in [-0.15, -0.1) is 0 Å². The lowest BCUT2D eigenvalue weighted by Crippen LogP contribution is -2.40. The highest BCUT2D eigenvalue weighted by Crippen LogP contribution is 2.31. The van der Waals surface area contributed by atoms with Crippen molar-refractivity contribution in [2.75, 3.05) is 24.7 Å². The van der Waals surface area contributed by atoms with Gasteiger partial charge in [-0.2, -0.15) is 13.2 Å². The van der Waals surface area contributed by atoms with Crippen molar-refractivity contribution in [3.8, 4) is 0 Å². The number of aliphatic hydroxyl groups excluding tert-OH is 1. The zero-order valence-corrected chi connectivity index (χ0v) is 10.7. The first-order chi connectivity index (χ1) is 9.43. The standard InChI is InChI=1S/C13H15F3N2O2/c14-13(15,16)10-2-4-11(5-3-10)17-8-6-12(20)18(17)7-1-9-19/h2-5,19H,1,6-9H2. The predicted molar refractivity (Wildman–Crippen MR) is 66.8 cm³/mol. The molecule has 1 N–H and O–H groups in total. The molecule has 1 fully saturated rings. The van der Waals surface area contributed by atoms with Gasteiger partial charge < -0.3 is 5.11 Å². The molecule has 0 aromatic heterocycles. The molecular formula is C13H15F3N2O2. The SMILES string of the molecule is O=C1CCN(c2ccc(C(F)(F)F)cc2)N1CCCO. The van der Waals surface area contributed by atoms with Gasteiger partial charge in [0.05, 0.1) is 11.3 Å². The van der Waals surface area contributed by atoms with Crippen LogP contribution in [0.25, 0.3) is 0 Å². The summed E-state index contributed by atoms with van der Waals surface area (Å²) < 4.78 is 37.5. The molecule has 1 heterocycles. The smallest absolute Gasteiger partial charge is 0.396 e. The number of rotatable bonds is 4. The van der Waals surface area contributed by atoms with E-state index in [4.69, 9.17) is 5.11 Å². The number of hydrogen-bond acceptors (Lipinski definition) is 3. The maximum absolute atomic E-state index is 12.5. The fraction of sp³-hybridized carbons (Fsp3) is 0.462. The van der Waals surface area contributed by atoms with Crippen LogP contribution in [-0.2, 0) is 11.0 Å². The summed E-state index contributed by atoms with van der Waals surface area (Å²) in [6.45, 7) is 0.761. The highest BCUT2D eigenvalue weighted by Gasteiger charge is 2.32. The Morgan fingerprint density at radius 2 is 1.85 bits per heavy atom. The lowest BCUT2D eigenvalue weighted by molar-refractivity contribution is -0.137. The minimum absolute atomic E-state index is 0.0371. The summed E-state index contributed by atoms with van der Waals surface area (Å²) in [6, 6.07) is 4.71. The zero-order valence-electron chi connectivity index (χ0n) is 10.7. The second-order valence-electron chi connectivity index (χ2n) is 4.51. The molecule has 110 valence electrons. The highest BCUT2D eigenvalue weighted by atomic mass is 19.4. The first kappa shape index (κ1) is 14.6. The van der Waals surface area contributed by atoms with Gasteiger partial charge in [0.1, 0.15) is 0 Å². The molecule has 0 saturated carbocycles. The lowest BCUT2D eigenvalue weighted by atomic mass is 10.2. The highest BCUT2D eigenvalue weighted by molar-refractivity contribution is 5.81. The monoisotopic (exact) mass is 288 g/mol. The number of carbonyl (C=O) groups excluding carboxylic acids is 1. The molecule has 0 atom stereocenters. The number of halogens is 3. The maximum atomic E-state index is 12.5. The fourth-order valence-corrected chi connectivity index (χ4v) is 2.14. The van der Waals surface area contributed by atoms with Crippen molar-refractivity contribution in [1.82, 2.24) is 5.01 Å². The fourth-order valence-electron chi connectivity index (χ4n) is 2.14. The molecular weight excluding hydrogens is 273 g/mol. The van der Waals surface area contributed by atoms with Crippen molar-refractivity contribution < 1.29 is 23.1 Å². The molecule has 20 heavy (non-hydrogen) atoms. The second kappa shape index (κ2) is 5.70. The Morgan fingerprint density at radius 1 is 1.20 bits per heavy atom. The number of hydrogen-bond donors (Lipinski definition) is 1. The van der Waals surface area contributed by atoms with Gasteiger partial charge in [0.25, 0.3) is 0 Å². The first-order valence-electron chi connectivity index (χ1n) is 6.29. The summed E-state index contributed by atoms with van der Waals surface area (Å²) in [5.41, 5.74) is -0.171. The van der Waals surface area contributed by atoms with Crippen LogP contribution in [0.3, 0.4) is 0 Å². The summed E-state index contributed by atoms with van der Waals surface area (Å²) in [6.07, 6.45) is -3.61. The number of anilines is 1. The lowest BCUT2D eigenvalue weighted by Gasteiger charge is -2.29. The molecule has 0 radical (unpaired) electrons. The summed E-state index contributed by atoms with van der Waals surface area (Å²) >= 11 is 0. The molecule has 1 saturated heterocycles. The Morgan fingerprint density at radius 3 is 2.40 bits per heavy atom. The van der Waals surface area contributed by atoms with E-state index >= 15 is 0 Å². The number of nitrogens with zero attached hydrogens (tertiary/aromatic N) is 2. The Balaban J connectivity index is 2.16. The van der Waals surface area contributed by atoms with E-state index in [1.165, 1.54) is 17.1 Å². The van der Waals surface area contributed by atoms with Crippen molar-refractivity contribution in [3.63, 3.8) is 0 Å². The second-order valence-corrected chi connectivity index (χ2v) is 4.51. The van der Waals surface area contributed by atoms with Crippen LogP contribution in [0.1, 0.15) is 18.4 Å². The van der Waals surface area contributed by atoms with Crippen LogP contribution < -0.4 is 5.01 Å². The van der Waals surface area contributed by atoms with Crippen molar-refractivity contribution in [2.45, 2.75) is 19.0 Å². The maximum Gasteiger partial charge on any atom is 0.416 e. The number of hydrazine groups is 1. The molecule has 0 aliphatic carbocycles. The van der Waals surface area contributed by atoms with Crippen LogP contribution in [0.15, 0.2) is 24.3 Å². The third kappa shape index (κ3) is 3.04. The summed E-state index contributed by atoms with van der Waals surface area (Å²) in [5, 5.41) is 11.9. The number of carbonyl (C=O) groups is 1. The minimum atomic E-state index is -4.37. The number of alkyl halides is 3. The summed E-state index contributed by atoms with van der Waals surface area (Å²) in [5.74, 6) is -0.0849. The van der Waals surface area contributed by atoms with Crippen molar-refractivity contribution in [3.05, 3.63) is 29.8 Å². The van der Waals surface area contributed by atoms with E-state index in [1.54, 1.807) is 5.01 Å². The third-order valence-electron chi connectivity index (χ3n) is 3.14. The van der Waals surface area contributed by atoms with E-state index in [1.807, 2.05) is 0 Å². The molecule has 1 aromatic rings. The van der Waals surface area contributed by atoms with Gasteiger partial charge in [0.2, 0.25) is 5.91 Å². The van der Waals surface area contributed by atoms with E-state index in [0.29, 0.717) is 31.6 Å². The van der Waals surface area contributed by atoms with Crippen molar-refractivity contribution in [2.24, 2.45) is 0 Å².